The number of aromatic nitrogens is 1. The molecule has 0 saturated heterocycles. The van der Waals surface area contributed by atoms with Crippen molar-refractivity contribution < 1.29 is 14.3 Å². The van der Waals surface area contributed by atoms with Crippen LogP contribution in [0.4, 0.5) is 5.69 Å². The molecule has 3 aromatic rings. The Hall–Kier alpha value is -2.93. The van der Waals surface area contributed by atoms with E-state index in [4.69, 9.17) is 4.74 Å². The van der Waals surface area contributed by atoms with Crippen LogP contribution in [-0.2, 0) is 9.53 Å². The highest BCUT2D eigenvalue weighted by molar-refractivity contribution is 7.19. The third-order valence-corrected chi connectivity index (χ3v) is 8.21. The number of pyridine rings is 1. The highest BCUT2D eigenvalue weighted by Crippen LogP contribution is 2.43. The van der Waals surface area contributed by atoms with Gasteiger partial charge in [0.2, 0.25) is 0 Å². The molecule has 1 saturated carbocycles. The number of aryl methyl sites for hydroxylation is 1. The maximum Gasteiger partial charge on any atom is 0.307 e. The van der Waals surface area contributed by atoms with Gasteiger partial charge in [0.25, 0.3) is 5.91 Å². The van der Waals surface area contributed by atoms with Crippen LogP contribution in [0.5, 0.6) is 0 Å². The van der Waals surface area contributed by atoms with Crippen LogP contribution >= 0.6 is 11.3 Å². The number of carbonyl (C=O) groups excluding carboxylic acids is 2. The lowest BCUT2D eigenvalue weighted by atomic mass is 9.82. The van der Waals surface area contributed by atoms with Gasteiger partial charge < -0.3 is 15.0 Å². The van der Waals surface area contributed by atoms with Crippen LogP contribution in [0.15, 0.2) is 42.6 Å². The summed E-state index contributed by atoms with van der Waals surface area (Å²) < 4.78 is 4.96. The van der Waals surface area contributed by atoms with E-state index in [1.54, 1.807) is 30.2 Å². The maximum absolute atomic E-state index is 12.8. The largest absolute Gasteiger partial charge is 0.466 e. The lowest BCUT2D eigenvalue weighted by Gasteiger charge is -2.31. The van der Waals surface area contributed by atoms with Crippen molar-refractivity contribution in [1.29, 1.82) is 0 Å². The molecule has 1 unspecified atom stereocenters. The molecule has 2 aromatic heterocycles. The molecule has 0 bridgehead atoms. The molecular weight excluding hydrogens is 458 g/mol. The van der Waals surface area contributed by atoms with Crippen molar-refractivity contribution in [3.05, 3.63) is 58.6 Å². The average molecular weight is 494 g/mol. The molecule has 7 heteroatoms. The Kier molecular flexibility index (Phi) is 8.39. The van der Waals surface area contributed by atoms with Gasteiger partial charge in [-0.3, -0.25) is 9.59 Å². The fraction of sp³-hybridized carbons (Fsp3) is 0.464. The summed E-state index contributed by atoms with van der Waals surface area (Å²) in [6.45, 7) is 4.67. The van der Waals surface area contributed by atoms with Crippen molar-refractivity contribution in [2.24, 2.45) is 5.92 Å². The third kappa shape index (κ3) is 6.01. The zero-order valence-electron chi connectivity index (χ0n) is 20.9. The molecule has 186 valence electrons. The molecule has 2 heterocycles. The van der Waals surface area contributed by atoms with Crippen LogP contribution < -0.4 is 5.32 Å². The summed E-state index contributed by atoms with van der Waals surface area (Å²) in [6, 6.07) is 12.1. The van der Waals surface area contributed by atoms with Crippen molar-refractivity contribution in [1.82, 2.24) is 9.88 Å². The second-order valence-electron chi connectivity index (χ2n) is 9.33. The first-order chi connectivity index (χ1) is 17.0. The van der Waals surface area contributed by atoms with Crippen molar-refractivity contribution >= 4 is 39.1 Å². The van der Waals surface area contributed by atoms with Gasteiger partial charge in [0.1, 0.15) is 4.83 Å². The smallest absolute Gasteiger partial charge is 0.307 e. The molecule has 1 aliphatic rings. The van der Waals surface area contributed by atoms with Gasteiger partial charge in [0, 0.05) is 41.3 Å². The van der Waals surface area contributed by atoms with Gasteiger partial charge in [-0.1, -0.05) is 25.3 Å². The highest BCUT2D eigenvalue weighted by Gasteiger charge is 2.28. The Bertz CT molecular complexity index is 1150. The molecule has 1 aliphatic carbocycles. The van der Waals surface area contributed by atoms with Gasteiger partial charge in [-0.2, -0.15) is 0 Å². The molecule has 1 atom stereocenters. The molecule has 4 rings (SSSR count). The predicted molar refractivity (Wildman–Crippen MR) is 142 cm³/mol. The average Bonchev–Trinajstić information content (AvgIpc) is 3.22. The number of fused-ring (bicyclic) bond motifs is 1. The lowest BCUT2D eigenvalue weighted by molar-refractivity contribution is -0.143. The molecule has 1 aromatic carbocycles. The Morgan fingerprint density at radius 3 is 2.60 bits per heavy atom. The summed E-state index contributed by atoms with van der Waals surface area (Å²) in [5.41, 5.74) is 2.94. The van der Waals surface area contributed by atoms with Crippen LogP contribution in [0.3, 0.4) is 0 Å². The van der Waals surface area contributed by atoms with Gasteiger partial charge >= 0.3 is 5.97 Å². The highest BCUT2D eigenvalue weighted by atomic mass is 32.1. The number of ether oxygens (including phenoxy) is 1. The maximum atomic E-state index is 12.8. The Morgan fingerprint density at radius 2 is 1.91 bits per heavy atom. The van der Waals surface area contributed by atoms with Crippen LogP contribution in [-0.4, -0.2) is 42.0 Å². The monoisotopic (exact) mass is 493 g/mol. The van der Waals surface area contributed by atoms with Crippen molar-refractivity contribution in [3.63, 3.8) is 0 Å². The van der Waals surface area contributed by atoms with E-state index in [0.717, 1.165) is 10.5 Å². The first-order valence-electron chi connectivity index (χ1n) is 12.6. The van der Waals surface area contributed by atoms with E-state index in [-0.39, 0.29) is 24.3 Å². The molecule has 6 nitrogen and oxygen atoms in total. The zero-order chi connectivity index (χ0) is 24.8. The van der Waals surface area contributed by atoms with Gasteiger partial charge in [-0.25, -0.2) is 4.98 Å². The topological polar surface area (TPSA) is 71.5 Å². The first-order valence-corrected chi connectivity index (χ1v) is 13.4. The third-order valence-electron chi connectivity index (χ3n) is 6.91. The minimum Gasteiger partial charge on any atom is -0.466 e. The zero-order valence-corrected chi connectivity index (χ0v) is 21.7. The number of hydrogen-bond donors (Lipinski definition) is 1. The van der Waals surface area contributed by atoms with E-state index >= 15 is 0 Å². The fourth-order valence-electron chi connectivity index (χ4n) is 4.94. The van der Waals surface area contributed by atoms with Gasteiger partial charge in [0.05, 0.1) is 19.1 Å². The molecule has 1 N–H and O–H groups in total. The van der Waals surface area contributed by atoms with Gasteiger partial charge in [-0.05, 0) is 68.5 Å². The summed E-state index contributed by atoms with van der Waals surface area (Å²) in [5.74, 6) is 0.189. The Labute approximate surface area is 211 Å². The van der Waals surface area contributed by atoms with Crippen molar-refractivity contribution in [2.45, 2.75) is 58.4 Å². The molecule has 0 aliphatic heterocycles. The van der Waals surface area contributed by atoms with E-state index in [9.17, 15) is 9.59 Å². The van der Waals surface area contributed by atoms with Crippen molar-refractivity contribution in [3.8, 4) is 0 Å². The molecule has 0 radical (unpaired) electrons. The second kappa shape index (κ2) is 11.7. The minimum absolute atomic E-state index is 0.101. The number of thiophene rings is 1. The SMILES string of the molecule is CCOC(=O)CCN(C)C(=O)c1ccc(NC(c2sc3ncccc3c2C)C2CCCCC2)cc1. The van der Waals surface area contributed by atoms with Crippen LogP contribution in [0.2, 0.25) is 0 Å². The predicted octanol–water partition coefficient (Wildman–Crippen LogP) is 6.36. The van der Waals surface area contributed by atoms with E-state index in [1.165, 1.54) is 47.9 Å². The van der Waals surface area contributed by atoms with E-state index in [1.807, 2.05) is 36.5 Å². The molecule has 1 amide bonds. The lowest BCUT2D eigenvalue weighted by Crippen LogP contribution is -2.29. The Morgan fingerprint density at radius 1 is 1.17 bits per heavy atom. The molecule has 35 heavy (non-hydrogen) atoms. The number of esters is 1. The van der Waals surface area contributed by atoms with Crippen LogP contribution in [0.25, 0.3) is 10.2 Å². The number of amides is 1. The summed E-state index contributed by atoms with van der Waals surface area (Å²) in [6.07, 6.45) is 8.37. The van der Waals surface area contributed by atoms with E-state index < -0.39 is 0 Å². The van der Waals surface area contributed by atoms with Gasteiger partial charge in [-0.15, -0.1) is 11.3 Å². The van der Waals surface area contributed by atoms with Gasteiger partial charge in [0.15, 0.2) is 0 Å². The summed E-state index contributed by atoms with van der Waals surface area (Å²) >= 11 is 1.80. The Balaban J connectivity index is 1.50. The van der Waals surface area contributed by atoms with Crippen LogP contribution in [0, 0.1) is 12.8 Å². The molecular formula is C28H35N3O3S. The van der Waals surface area contributed by atoms with E-state index in [2.05, 4.69) is 23.3 Å². The summed E-state index contributed by atoms with van der Waals surface area (Å²) in [7, 11) is 1.71. The number of anilines is 1. The number of benzene rings is 1. The number of carbonyl (C=O) groups is 2. The summed E-state index contributed by atoms with van der Waals surface area (Å²) in [5, 5.41) is 5.05. The number of nitrogens with one attached hydrogen (secondary N) is 1. The molecule has 1 fully saturated rings. The first kappa shape index (κ1) is 25.2. The normalized spacial score (nSPS) is 15.1. The second-order valence-corrected chi connectivity index (χ2v) is 10.4. The quantitative estimate of drug-likeness (QED) is 0.351. The number of nitrogens with zero attached hydrogens (tertiary/aromatic N) is 2. The number of rotatable bonds is 9. The fourth-order valence-corrected chi connectivity index (χ4v) is 6.23. The number of hydrogen-bond acceptors (Lipinski definition) is 6. The van der Waals surface area contributed by atoms with Crippen LogP contribution in [0.1, 0.15) is 72.3 Å². The summed E-state index contributed by atoms with van der Waals surface area (Å²) in [4.78, 5) is 33.0. The van der Waals surface area contributed by atoms with E-state index in [0.29, 0.717) is 24.6 Å². The van der Waals surface area contributed by atoms with Crippen molar-refractivity contribution in [2.75, 3.05) is 25.5 Å². The molecule has 0 spiro atoms. The standard InChI is InChI=1S/C28H35N3O3S/c1-4-34-24(32)16-18-31(3)28(33)21-12-14-22(15-13-21)30-25(20-9-6-5-7-10-20)26-19(2)23-11-8-17-29-27(23)35-26/h8,11-15,17,20,25,30H,4-7,9-10,16,18H2,1-3H3. The minimum atomic E-state index is -0.285.